The van der Waals surface area contributed by atoms with Gasteiger partial charge in [0.15, 0.2) is 0 Å². The van der Waals surface area contributed by atoms with Gasteiger partial charge in [-0.15, -0.1) is 0 Å². The van der Waals surface area contributed by atoms with Crippen LogP contribution in [0, 0.1) is 6.92 Å². The number of carboxylic acid groups (broad SMARTS) is 1. The fraction of sp³-hybridized carbons (Fsp3) is 0.455. The highest BCUT2D eigenvalue weighted by Gasteiger charge is 2.18. The molecule has 3 N–H and O–H groups in total. The van der Waals surface area contributed by atoms with Gasteiger partial charge >= 0.3 is 12.0 Å². The van der Waals surface area contributed by atoms with E-state index in [2.05, 4.69) is 10.3 Å². The van der Waals surface area contributed by atoms with Gasteiger partial charge in [0.05, 0.1) is 5.69 Å². The molecule has 1 rings (SSSR count). The lowest BCUT2D eigenvalue weighted by Crippen LogP contribution is -2.36. The third-order valence-corrected chi connectivity index (χ3v) is 2.50. The summed E-state index contributed by atoms with van der Waals surface area (Å²) in [5.41, 5.74) is 0.963. The standard InChI is InChI=1S/C11H17N3O3/c1-6(2)14(4)11(17)13-8-5-7(3)12-9(8)10(15)16/h5-6,12H,1-4H3,(H,13,17)(H,15,16). The largest absolute Gasteiger partial charge is 0.477 e. The normalized spacial score (nSPS) is 10.4. The molecule has 6 nitrogen and oxygen atoms in total. The van der Waals surface area contributed by atoms with Crippen molar-refractivity contribution >= 4 is 17.7 Å². The smallest absolute Gasteiger partial charge is 0.354 e. The van der Waals surface area contributed by atoms with Crippen LogP contribution in [-0.4, -0.2) is 40.1 Å². The quantitative estimate of drug-likeness (QED) is 0.753. The first kappa shape index (κ1) is 13.1. The number of urea groups is 1. The predicted octanol–water partition coefficient (Wildman–Crippen LogP) is 1.89. The number of hydrogen-bond donors (Lipinski definition) is 3. The molecule has 6 heteroatoms. The monoisotopic (exact) mass is 239 g/mol. The van der Waals surface area contributed by atoms with Gasteiger partial charge in [0, 0.05) is 18.8 Å². The van der Waals surface area contributed by atoms with Crippen molar-refractivity contribution in [2.24, 2.45) is 0 Å². The Morgan fingerprint density at radius 1 is 1.47 bits per heavy atom. The second-order valence-electron chi connectivity index (χ2n) is 4.18. The molecule has 0 atom stereocenters. The molecule has 0 bridgehead atoms. The van der Waals surface area contributed by atoms with Crippen molar-refractivity contribution in [2.75, 3.05) is 12.4 Å². The number of amides is 2. The molecule has 0 radical (unpaired) electrons. The van der Waals surface area contributed by atoms with E-state index in [1.54, 1.807) is 20.0 Å². The van der Waals surface area contributed by atoms with Crippen molar-refractivity contribution in [2.45, 2.75) is 26.8 Å². The average molecular weight is 239 g/mol. The van der Waals surface area contributed by atoms with Crippen LogP contribution in [0.5, 0.6) is 0 Å². The summed E-state index contributed by atoms with van der Waals surface area (Å²) in [4.78, 5) is 26.8. The summed E-state index contributed by atoms with van der Waals surface area (Å²) in [6.07, 6.45) is 0. The average Bonchev–Trinajstić information content (AvgIpc) is 2.58. The SMILES string of the molecule is Cc1cc(NC(=O)N(C)C(C)C)c(C(=O)O)[nH]1. The summed E-state index contributed by atoms with van der Waals surface area (Å²) in [7, 11) is 1.65. The Hall–Kier alpha value is -1.98. The Kier molecular flexibility index (Phi) is 3.77. The number of nitrogens with one attached hydrogen (secondary N) is 2. The van der Waals surface area contributed by atoms with Gasteiger partial charge in [0.1, 0.15) is 5.69 Å². The van der Waals surface area contributed by atoms with Crippen LogP contribution >= 0.6 is 0 Å². The first-order chi connectivity index (χ1) is 7.82. The minimum absolute atomic E-state index is 0.00648. The molecule has 0 spiro atoms. The van der Waals surface area contributed by atoms with Crippen molar-refractivity contribution in [1.29, 1.82) is 0 Å². The van der Waals surface area contributed by atoms with Crippen LogP contribution in [0.15, 0.2) is 6.07 Å². The van der Waals surface area contributed by atoms with Crippen molar-refractivity contribution in [3.8, 4) is 0 Å². The number of anilines is 1. The van der Waals surface area contributed by atoms with Gasteiger partial charge in [0.2, 0.25) is 0 Å². The van der Waals surface area contributed by atoms with Gasteiger partial charge in [-0.1, -0.05) is 0 Å². The summed E-state index contributed by atoms with van der Waals surface area (Å²) in [5.74, 6) is -1.10. The van der Waals surface area contributed by atoms with E-state index >= 15 is 0 Å². The summed E-state index contributed by atoms with van der Waals surface area (Å²) >= 11 is 0. The van der Waals surface area contributed by atoms with Crippen LogP contribution in [0.1, 0.15) is 30.0 Å². The topological polar surface area (TPSA) is 85.4 Å². The summed E-state index contributed by atoms with van der Waals surface area (Å²) in [5, 5.41) is 11.5. The minimum atomic E-state index is -1.10. The number of carbonyl (C=O) groups excluding carboxylic acids is 1. The number of rotatable bonds is 3. The molecule has 0 aliphatic heterocycles. The summed E-state index contributed by atoms with van der Waals surface area (Å²) in [6.45, 7) is 5.48. The van der Waals surface area contributed by atoms with Crippen LogP contribution in [-0.2, 0) is 0 Å². The lowest BCUT2D eigenvalue weighted by atomic mass is 10.3. The first-order valence-electron chi connectivity index (χ1n) is 5.29. The summed E-state index contributed by atoms with van der Waals surface area (Å²) in [6, 6.07) is 1.31. The molecule has 0 saturated carbocycles. The predicted molar refractivity (Wildman–Crippen MR) is 64.4 cm³/mol. The molecule has 1 aromatic heterocycles. The molecule has 0 fully saturated rings. The lowest BCUT2D eigenvalue weighted by Gasteiger charge is -2.21. The second kappa shape index (κ2) is 4.90. The number of aromatic nitrogens is 1. The third kappa shape index (κ3) is 2.99. The highest BCUT2D eigenvalue weighted by atomic mass is 16.4. The molecule has 0 saturated heterocycles. The number of aromatic carboxylic acids is 1. The fourth-order valence-corrected chi connectivity index (χ4v) is 1.29. The Labute approximate surface area is 99.6 Å². The molecule has 2 amide bonds. The first-order valence-corrected chi connectivity index (χ1v) is 5.29. The van der Waals surface area contributed by atoms with E-state index in [0.29, 0.717) is 5.69 Å². The second-order valence-corrected chi connectivity index (χ2v) is 4.18. The van der Waals surface area contributed by atoms with E-state index in [1.807, 2.05) is 13.8 Å². The number of nitrogens with zero attached hydrogens (tertiary/aromatic N) is 1. The number of hydrogen-bond acceptors (Lipinski definition) is 2. The highest BCUT2D eigenvalue weighted by molar-refractivity contribution is 5.99. The molecular formula is C11H17N3O3. The number of aryl methyl sites for hydroxylation is 1. The highest BCUT2D eigenvalue weighted by Crippen LogP contribution is 2.17. The molecule has 94 valence electrons. The van der Waals surface area contributed by atoms with Crippen LogP contribution in [0.2, 0.25) is 0 Å². The van der Waals surface area contributed by atoms with E-state index in [4.69, 9.17) is 5.11 Å². The zero-order valence-electron chi connectivity index (χ0n) is 10.4. The van der Waals surface area contributed by atoms with Crippen molar-refractivity contribution in [3.63, 3.8) is 0 Å². The Bertz CT molecular complexity index is 437. The van der Waals surface area contributed by atoms with Gasteiger partial charge < -0.3 is 20.3 Å². The number of carboxylic acids is 1. The maximum atomic E-state index is 11.7. The maximum Gasteiger partial charge on any atom is 0.354 e. The fourth-order valence-electron chi connectivity index (χ4n) is 1.29. The van der Waals surface area contributed by atoms with Crippen LogP contribution in [0.25, 0.3) is 0 Å². The Morgan fingerprint density at radius 3 is 2.53 bits per heavy atom. The van der Waals surface area contributed by atoms with Crippen LogP contribution < -0.4 is 5.32 Å². The third-order valence-electron chi connectivity index (χ3n) is 2.50. The van der Waals surface area contributed by atoms with E-state index < -0.39 is 5.97 Å². The van der Waals surface area contributed by atoms with Crippen molar-refractivity contribution in [1.82, 2.24) is 9.88 Å². The van der Waals surface area contributed by atoms with Crippen molar-refractivity contribution < 1.29 is 14.7 Å². The number of H-pyrrole nitrogens is 1. The van der Waals surface area contributed by atoms with Crippen molar-refractivity contribution in [3.05, 3.63) is 17.5 Å². The maximum absolute atomic E-state index is 11.7. The molecule has 1 aromatic rings. The Balaban J connectivity index is 2.88. The zero-order valence-corrected chi connectivity index (χ0v) is 10.4. The van der Waals surface area contributed by atoms with Gasteiger partial charge in [-0.2, -0.15) is 0 Å². The Morgan fingerprint density at radius 2 is 2.06 bits per heavy atom. The summed E-state index contributed by atoms with van der Waals surface area (Å²) < 4.78 is 0. The van der Waals surface area contributed by atoms with Gasteiger partial charge in [-0.05, 0) is 26.8 Å². The lowest BCUT2D eigenvalue weighted by molar-refractivity contribution is 0.0692. The van der Waals surface area contributed by atoms with Gasteiger partial charge in [-0.25, -0.2) is 9.59 Å². The molecule has 0 unspecified atom stereocenters. The minimum Gasteiger partial charge on any atom is -0.477 e. The van der Waals surface area contributed by atoms with Gasteiger partial charge in [0.25, 0.3) is 0 Å². The molecular weight excluding hydrogens is 222 g/mol. The molecule has 0 aliphatic carbocycles. The van der Waals surface area contributed by atoms with Gasteiger partial charge in [-0.3, -0.25) is 0 Å². The zero-order chi connectivity index (χ0) is 13.2. The molecule has 17 heavy (non-hydrogen) atoms. The van der Waals surface area contributed by atoms with E-state index in [0.717, 1.165) is 0 Å². The molecule has 1 heterocycles. The molecule has 0 aromatic carbocycles. The number of carbonyl (C=O) groups is 2. The van der Waals surface area contributed by atoms with E-state index in [-0.39, 0.29) is 23.5 Å². The van der Waals surface area contributed by atoms with E-state index in [1.165, 1.54) is 4.90 Å². The van der Waals surface area contributed by atoms with E-state index in [9.17, 15) is 9.59 Å². The van der Waals surface area contributed by atoms with Crippen LogP contribution in [0.3, 0.4) is 0 Å². The molecule has 0 aliphatic rings. The van der Waals surface area contributed by atoms with Crippen LogP contribution in [0.4, 0.5) is 10.5 Å². The number of aromatic amines is 1.